The van der Waals surface area contributed by atoms with Crippen LogP contribution in [0.2, 0.25) is 10.0 Å². The summed E-state index contributed by atoms with van der Waals surface area (Å²) in [5, 5.41) is 7.19. The van der Waals surface area contributed by atoms with E-state index in [2.05, 4.69) is 0 Å². The summed E-state index contributed by atoms with van der Waals surface area (Å²) < 4.78 is 21.7. The molecule has 6 heteroatoms. The Morgan fingerprint density at radius 3 is 2.23 bits per heavy atom. The van der Waals surface area contributed by atoms with Crippen molar-refractivity contribution in [1.29, 1.82) is 0 Å². The summed E-state index contributed by atoms with van der Waals surface area (Å²) in [6.45, 7) is 1.65. The van der Waals surface area contributed by atoms with Gasteiger partial charge in [0.2, 0.25) is 0 Å². The van der Waals surface area contributed by atoms with E-state index in [9.17, 15) is 8.42 Å². The van der Waals surface area contributed by atoms with Crippen LogP contribution in [0, 0.1) is 6.92 Å². The molecule has 71 valence electrons. The Balaban J connectivity index is 3.50. The summed E-state index contributed by atoms with van der Waals surface area (Å²) in [5.74, 6) is 0. The van der Waals surface area contributed by atoms with Crippen LogP contribution in [0.25, 0.3) is 0 Å². The Morgan fingerprint density at radius 2 is 1.77 bits per heavy atom. The van der Waals surface area contributed by atoms with E-state index in [0.717, 1.165) is 0 Å². The highest BCUT2D eigenvalue weighted by atomic mass is 35.5. The summed E-state index contributed by atoms with van der Waals surface area (Å²) in [6, 6.07) is 2.60. The van der Waals surface area contributed by atoms with E-state index in [-0.39, 0.29) is 9.92 Å². The molecule has 0 saturated heterocycles. The standard InChI is InChI=1S/C7H6Cl2NO2S/c1-4-2-7(13(10,11)12)6(9)3-5(4)8/h2-3,10H,1H3. The third-order valence-corrected chi connectivity index (χ3v) is 3.25. The molecule has 0 heterocycles. The highest BCUT2D eigenvalue weighted by Crippen LogP contribution is 2.27. The molecule has 0 aromatic heterocycles. The number of nitrogens with one attached hydrogen (secondary N) is 1. The third kappa shape index (κ3) is 2.34. The van der Waals surface area contributed by atoms with Gasteiger partial charge in [0, 0.05) is 5.02 Å². The van der Waals surface area contributed by atoms with Crippen LogP contribution in [0.15, 0.2) is 17.0 Å². The highest BCUT2D eigenvalue weighted by Gasteiger charge is 2.15. The van der Waals surface area contributed by atoms with Gasteiger partial charge in [-0.25, -0.2) is 8.42 Å². The topological polar surface area (TPSA) is 57.9 Å². The second-order valence-electron chi connectivity index (χ2n) is 2.54. The fraction of sp³-hybridized carbons (Fsp3) is 0.143. The molecule has 0 atom stereocenters. The molecule has 1 aromatic rings. The van der Waals surface area contributed by atoms with Gasteiger partial charge in [0.05, 0.1) is 5.02 Å². The average Bonchev–Trinajstić information content (AvgIpc) is 1.94. The van der Waals surface area contributed by atoms with Crippen LogP contribution in [0.3, 0.4) is 0 Å². The molecular formula is C7H6Cl2NO2S. The van der Waals surface area contributed by atoms with Crippen LogP contribution in [0.4, 0.5) is 0 Å². The van der Waals surface area contributed by atoms with Crippen molar-refractivity contribution in [3.05, 3.63) is 27.7 Å². The summed E-state index contributed by atoms with van der Waals surface area (Å²) in [7, 11) is -4.01. The number of benzene rings is 1. The molecule has 0 fully saturated rings. The lowest BCUT2D eigenvalue weighted by Gasteiger charge is -2.03. The maximum atomic E-state index is 10.9. The van der Waals surface area contributed by atoms with Crippen molar-refractivity contribution in [2.75, 3.05) is 0 Å². The molecule has 0 aliphatic carbocycles. The lowest BCUT2D eigenvalue weighted by molar-refractivity contribution is 0.596. The second-order valence-corrected chi connectivity index (χ2v) is 4.80. The molecule has 13 heavy (non-hydrogen) atoms. The number of sulfonamides is 1. The fourth-order valence-corrected chi connectivity index (χ4v) is 2.17. The summed E-state index contributed by atoms with van der Waals surface area (Å²) in [6.07, 6.45) is 0. The molecule has 1 rings (SSSR count). The molecule has 0 spiro atoms. The molecule has 0 bridgehead atoms. The van der Waals surface area contributed by atoms with Crippen molar-refractivity contribution in [2.45, 2.75) is 11.8 Å². The van der Waals surface area contributed by atoms with Crippen LogP contribution in [0.1, 0.15) is 5.56 Å². The molecule has 0 unspecified atom stereocenters. The van der Waals surface area contributed by atoms with Gasteiger partial charge in [0.1, 0.15) is 4.90 Å². The number of halogens is 2. The normalized spacial score (nSPS) is 11.7. The van der Waals surface area contributed by atoms with Crippen molar-refractivity contribution in [3.63, 3.8) is 0 Å². The predicted molar refractivity (Wildman–Crippen MR) is 51.5 cm³/mol. The van der Waals surface area contributed by atoms with Crippen LogP contribution >= 0.6 is 23.2 Å². The van der Waals surface area contributed by atoms with Gasteiger partial charge in [0.25, 0.3) is 10.0 Å². The van der Waals surface area contributed by atoms with Crippen LogP contribution in [-0.4, -0.2) is 8.42 Å². The van der Waals surface area contributed by atoms with Crippen molar-refractivity contribution in [3.8, 4) is 0 Å². The minimum atomic E-state index is -4.01. The Bertz CT molecular complexity index is 442. The summed E-state index contributed by atoms with van der Waals surface area (Å²) >= 11 is 11.3. The third-order valence-electron chi connectivity index (χ3n) is 1.50. The molecule has 0 aliphatic heterocycles. The Hall–Kier alpha value is -0.290. The maximum Gasteiger partial charge on any atom is 0.255 e. The fourth-order valence-electron chi connectivity index (χ4n) is 0.837. The lowest BCUT2D eigenvalue weighted by Crippen LogP contribution is -2.02. The van der Waals surface area contributed by atoms with E-state index < -0.39 is 10.0 Å². The average molecular weight is 239 g/mol. The van der Waals surface area contributed by atoms with Gasteiger partial charge in [0.15, 0.2) is 0 Å². The van der Waals surface area contributed by atoms with Crippen LogP contribution in [-0.2, 0) is 10.0 Å². The van der Waals surface area contributed by atoms with Crippen molar-refractivity contribution in [2.24, 2.45) is 0 Å². The first-order chi connectivity index (χ1) is 5.82. The van der Waals surface area contributed by atoms with Crippen molar-refractivity contribution >= 4 is 33.2 Å². The smallest absolute Gasteiger partial charge is 0.206 e. The van der Waals surface area contributed by atoms with E-state index in [1.54, 1.807) is 6.92 Å². The molecule has 0 amide bonds. The zero-order valence-corrected chi connectivity index (χ0v) is 8.96. The maximum absolute atomic E-state index is 10.9. The van der Waals surface area contributed by atoms with E-state index in [0.29, 0.717) is 10.6 Å². The monoisotopic (exact) mass is 238 g/mol. The Kier molecular flexibility index (Phi) is 2.87. The number of aryl methyl sites for hydroxylation is 1. The van der Waals surface area contributed by atoms with Crippen LogP contribution < -0.4 is 5.14 Å². The van der Waals surface area contributed by atoms with Gasteiger partial charge >= 0.3 is 0 Å². The number of hydrogen-bond donors (Lipinski definition) is 0. The van der Waals surface area contributed by atoms with Crippen molar-refractivity contribution < 1.29 is 8.42 Å². The molecule has 1 N–H and O–H groups in total. The summed E-state index contributed by atoms with van der Waals surface area (Å²) in [5.41, 5.74) is 0.580. The van der Waals surface area contributed by atoms with Gasteiger partial charge in [-0.15, -0.1) is 5.14 Å². The predicted octanol–water partition coefficient (Wildman–Crippen LogP) is 2.27. The van der Waals surface area contributed by atoms with Gasteiger partial charge in [-0.05, 0) is 24.6 Å². The summed E-state index contributed by atoms with van der Waals surface area (Å²) in [4.78, 5) is -0.212. The van der Waals surface area contributed by atoms with Crippen molar-refractivity contribution in [1.82, 2.24) is 5.14 Å². The Morgan fingerprint density at radius 1 is 1.23 bits per heavy atom. The van der Waals surface area contributed by atoms with Gasteiger partial charge in [-0.3, -0.25) is 0 Å². The second kappa shape index (κ2) is 3.46. The minimum Gasteiger partial charge on any atom is -0.206 e. The molecular weight excluding hydrogens is 233 g/mol. The van der Waals surface area contributed by atoms with E-state index in [1.165, 1.54) is 12.1 Å². The van der Waals surface area contributed by atoms with Crippen LogP contribution in [0.5, 0.6) is 0 Å². The highest BCUT2D eigenvalue weighted by molar-refractivity contribution is 7.89. The first kappa shape index (κ1) is 10.8. The van der Waals surface area contributed by atoms with Gasteiger partial charge in [-0.1, -0.05) is 23.2 Å². The van der Waals surface area contributed by atoms with E-state index >= 15 is 0 Å². The first-order valence-electron chi connectivity index (χ1n) is 3.27. The zero-order valence-electron chi connectivity index (χ0n) is 6.64. The molecule has 1 aromatic carbocycles. The minimum absolute atomic E-state index is 0.0226. The lowest BCUT2D eigenvalue weighted by atomic mass is 10.2. The molecule has 1 radical (unpaired) electrons. The molecule has 0 saturated carbocycles. The first-order valence-corrected chi connectivity index (χ1v) is 5.51. The number of rotatable bonds is 1. The molecule has 0 aliphatic rings. The van der Waals surface area contributed by atoms with Gasteiger partial charge < -0.3 is 0 Å². The molecule has 3 nitrogen and oxygen atoms in total. The van der Waals surface area contributed by atoms with Gasteiger partial charge in [-0.2, -0.15) is 0 Å². The number of hydrogen-bond acceptors (Lipinski definition) is 2. The van der Waals surface area contributed by atoms with E-state index in [1.807, 2.05) is 0 Å². The Labute approximate surface area is 86.5 Å². The SMILES string of the molecule is Cc1cc(S([NH])(=O)=O)c(Cl)cc1Cl. The largest absolute Gasteiger partial charge is 0.255 e. The van der Waals surface area contributed by atoms with E-state index in [4.69, 9.17) is 28.3 Å². The quantitative estimate of drug-likeness (QED) is 0.754. The zero-order chi connectivity index (χ0) is 10.2.